The van der Waals surface area contributed by atoms with E-state index in [-0.39, 0.29) is 0 Å². The molecule has 1 N–H and O–H groups in total. The van der Waals surface area contributed by atoms with Crippen molar-refractivity contribution in [1.29, 1.82) is 0 Å². The number of para-hydroxylation sites is 2. The van der Waals surface area contributed by atoms with E-state index in [1.165, 1.54) is 12.8 Å². The second-order valence-corrected chi connectivity index (χ2v) is 6.27. The number of fused-ring (bicyclic) bond motifs is 1. The van der Waals surface area contributed by atoms with Crippen LogP contribution >= 0.6 is 0 Å². The fourth-order valence-corrected chi connectivity index (χ4v) is 3.16. The molecule has 0 radical (unpaired) electrons. The summed E-state index contributed by atoms with van der Waals surface area (Å²) >= 11 is 0. The van der Waals surface area contributed by atoms with Crippen molar-refractivity contribution in [2.75, 3.05) is 18.0 Å². The van der Waals surface area contributed by atoms with Gasteiger partial charge in [0.25, 0.3) is 0 Å². The van der Waals surface area contributed by atoms with Crippen molar-refractivity contribution < 1.29 is 4.52 Å². The Balaban J connectivity index is 1.37. The van der Waals surface area contributed by atoms with Crippen molar-refractivity contribution in [2.24, 2.45) is 0 Å². The van der Waals surface area contributed by atoms with E-state index in [0.717, 1.165) is 48.2 Å². The quantitative estimate of drug-likeness (QED) is 0.804. The lowest BCUT2D eigenvalue weighted by molar-refractivity contribution is 0.355. The Morgan fingerprint density at radius 3 is 2.86 bits per heavy atom. The highest BCUT2D eigenvalue weighted by Crippen LogP contribution is 2.39. The Morgan fingerprint density at radius 1 is 1.09 bits per heavy atom. The van der Waals surface area contributed by atoms with Crippen LogP contribution in [-0.2, 0) is 0 Å². The van der Waals surface area contributed by atoms with Crippen LogP contribution in [0.2, 0.25) is 0 Å². The van der Waals surface area contributed by atoms with Crippen molar-refractivity contribution in [3.63, 3.8) is 0 Å². The molecule has 1 aliphatic heterocycles. The average molecular weight is 295 g/mol. The lowest BCUT2D eigenvalue weighted by Gasteiger charge is -2.13. The van der Waals surface area contributed by atoms with E-state index in [1.54, 1.807) is 0 Å². The highest BCUT2D eigenvalue weighted by molar-refractivity contribution is 5.77. The summed E-state index contributed by atoms with van der Waals surface area (Å²) in [5, 5.41) is 4.13. The van der Waals surface area contributed by atoms with Crippen LogP contribution < -0.4 is 4.90 Å². The van der Waals surface area contributed by atoms with Gasteiger partial charge in [0.2, 0.25) is 11.8 Å². The number of hydrogen-bond acceptors (Lipinski definition) is 5. The zero-order valence-corrected chi connectivity index (χ0v) is 12.2. The first kappa shape index (κ1) is 12.2. The monoisotopic (exact) mass is 295 g/mol. The first-order valence-electron chi connectivity index (χ1n) is 7.90. The number of rotatable bonds is 3. The van der Waals surface area contributed by atoms with Gasteiger partial charge in [0.1, 0.15) is 0 Å². The second-order valence-electron chi connectivity index (χ2n) is 6.27. The fourth-order valence-electron chi connectivity index (χ4n) is 3.16. The van der Waals surface area contributed by atoms with E-state index in [0.29, 0.717) is 11.8 Å². The number of aromatic nitrogens is 4. The molecule has 2 aromatic heterocycles. The number of anilines is 1. The minimum absolute atomic E-state index is 0.313. The molecule has 22 heavy (non-hydrogen) atoms. The van der Waals surface area contributed by atoms with Gasteiger partial charge < -0.3 is 14.4 Å². The number of hydrogen-bond donors (Lipinski definition) is 1. The molecule has 5 rings (SSSR count). The van der Waals surface area contributed by atoms with Gasteiger partial charge in [-0.2, -0.15) is 4.98 Å². The third-order valence-corrected chi connectivity index (χ3v) is 4.61. The first-order valence-corrected chi connectivity index (χ1v) is 7.90. The van der Waals surface area contributed by atoms with Crippen LogP contribution in [0.5, 0.6) is 0 Å². The maximum Gasteiger partial charge on any atom is 0.231 e. The Kier molecular flexibility index (Phi) is 2.53. The first-order chi connectivity index (χ1) is 10.9. The molecule has 1 aromatic carbocycles. The molecule has 0 amide bonds. The maximum absolute atomic E-state index is 5.47. The van der Waals surface area contributed by atoms with Crippen LogP contribution in [0.15, 0.2) is 28.8 Å². The molecule has 3 heterocycles. The van der Waals surface area contributed by atoms with E-state index in [9.17, 15) is 0 Å². The fraction of sp³-hybridized carbons (Fsp3) is 0.438. The molecule has 1 atom stereocenters. The predicted octanol–water partition coefficient (Wildman–Crippen LogP) is 2.82. The molecule has 1 saturated heterocycles. The Bertz CT molecular complexity index is 786. The normalized spacial score (nSPS) is 21.8. The SMILES string of the molecule is c1ccc2[nH]c(N3CCC(c4nc(C5CC5)no4)C3)nc2c1. The molecule has 6 nitrogen and oxygen atoms in total. The summed E-state index contributed by atoms with van der Waals surface area (Å²) in [5.41, 5.74) is 2.09. The summed E-state index contributed by atoms with van der Waals surface area (Å²) in [7, 11) is 0. The zero-order valence-electron chi connectivity index (χ0n) is 12.2. The Labute approximate surface area is 127 Å². The second kappa shape index (κ2) is 4.56. The van der Waals surface area contributed by atoms with Crippen LogP contribution in [0.4, 0.5) is 5.95 Å². The summed E-state index contributed by atoms with van der Waals surface area (Å²) in [5.74, 6) is 3.49. The molecule has 0 spiro atoms. The Morgan fingerprint density at radius 2 is 2.00 bits per heavy atom. The van der Waals surface area contributed by atoms with E-state index >= 15 is 0 Å². The predicted molar refractivity (Wildman–Crippen MR) is 81.9 cm³/mol. The van der Waals surface area contributed by atoms with Gasteiger partial charge in [0.15, 0.2) is 5.82 Å². The van der Waals surface area contributed by atoms with Crippen molar-refractivity contribution in [3.8, 4) is 0 Å². The van der Waals surface area contributed by atoms with Crippen LogP contribution in [0, 0.1) is 0 Å². The molecule has 1 aliphatic carbocycles. The minimum atomic E-state index is 0.313. The molecular formula is C16H17N5O. The number of nitrogens with zero attached hydrogens (tertiary/aromatic N) is 4. The third-order valence-electron chi connectivity index (χ3n) is 4.61. The molecule has 1 saturated carbocycles. The van der Waals surface area contributed by atoms with Crippen molar-refractivity contribution in [3.05, 3.63) is 36.0 Å². The van der Waals surface area contributed by atoms with Crippen LogP contribution in [-0.4, -0.2) is 33.2 Å². The van der Waals surface area contributed by atoms with E-state index < -0.39 is 0 Å². The lowest BCUT2D eigenvalue weighted by Crippen LogP contribution is -2.20. The van der Waals surface area contributed by atoms with Gasteiger partial charge >= 0.3 is 0 Å². The van der Waals surface area contributed by atoms with Crippen LogP contribution in [0.1, 0.15) is 42.8 Å². The third kappa shape index (κ3) is 1.98. The molecule has 6 heteroatoms. The van der Waals surface area contributed by atoms with Gasteiger partial charge in [-0.1, -0.05) is 17.3 Å². The van der Waals surface area contributed by atoms with Crippen molar-refractivity contribution in [1.82, 2.24) is 20.1 Å². The minimum Gasteiger partial charge on any atom is -0.342 e. The van der Waals surface area contributed by atoms with Gasteiger partial charge in [-0.25, -0.2) is 4.98 Å². The smallest absolute Gasteiger partial charge is 0.231 e. The topological polar surface area (TPSA) is 70.8 Å². The van der Waals surface area contributed by atoms with Crippen molar-refractivity contribution in [2.45, 2.75) is 31.1 Å². The molecule has 1 unspecified atom stereocenters. The number of aromatic amines is 1. The molecule has 3 aromatic rings. The van der Waals surface area contributed by atoms with Crippen LogP contribution in [0.3, 0.4) is 0 Å². The van der Waals surface area contributed by atoms with Gasteiger partial charge in [-0.05, 0) is 31.4 Å². The van der Waals surface area contributed by atoms with E-state index in [4.69, 9.17) is 4.52 Å². The molecule has 112 valence electrons. The van der Waals surface area contributed by atoms with Crippen LogP contribution in [0.25, 0.3) is 11.0 Å². The van der Waals surface area contributed by atoms with Gasteiger partial charge in [-0.15, -0.1) is 0 Å². The molecule has 2 aliphatic rings. The number of imidazole rings is 1. The zero-order chi connectivity index (χ0) is 14.5. The largest absolute Gasteiger partial charge is 0.342 e. The van der Waals surface area contributed by atoms with Gasteiger partial charge in [-0.3, -0.25) is 0 Å². The molecule has 2 fully saturated rings. The number of nitrogens with one attached hydrogen (secondary N) is 1. The van der Waals surface area contributed by atoms with E-state index in [2.05, 4.69) is 31.1 Å². The van der Waals surface area contributed by atoms with Gasteiger partial charge in [0, 0.05) is 19.0 Å². The van der Waals surface area contributed by atoms with Gasteiger partial charge in [0.05, 0.1) is 17.0 Å². The maximum atomic E-state index is 5.47. The molecular weight excluding hydrogens is 278 g/mol. The summed E-state index contributed by atoms with van der Waals surface area (Å²) in [4.78, 5) is 14.9. The lowest BCUT2D eigenvalue weighted by atomic mass is 10.1. The summed E-state index contributed by atoms with van der Waals surface area (Å²) < 4.78 is 5.47. The van der Waals surface area contributed by atoms with E-state index in [1.807, 2.05) is 18.2 Å². The number of benzene rings is 1. The summed E-state index contributed by atoms with van der Waals surface area (Å²) in [6.45, 7) is 1.84. The standard InChI is InChI=1S/C16H17N5O/c1-2-4-13-12(3-1)17-16(18-13)21-8-7-11(9-21)15-19-14(20-22-15)10-5-6-10/h1-4,10-11H,5-9H2,(H,17,18). The highest BCUT2D eigenvalue weighted by atomic mass is 16.5. The van der Waals surface area contributed by atoms with Crippen molar-refractivity contribution >= 4 is 17.0 Å². The molecule has 0 bridgehead atoms. The summed E-state index contributed by atoms with van der Waals surface area (Å²) in [6.07, 6.45) is 3.44. The average Bonchev–Trinajstić information content (AvgIpc) is 2.98. The number of H-pyrrole nitrogens is 1. The summed E-state index contributed by atoms with van der Waals surface area (Å²) in [6, 6.07) is 8.12. The Hall–Kier alpha value is -2.37. The highest BCUT2D eigenvalue weighted by Gasteiger charge is 2.33.